The van der Waals surface area contributed by atoms with Gasteiger partial charge in [-0.05, 0) is 43.3 Å². The molecule has 0 aromatic heterocycles. The number of carbonyl (C=O) groups is 3. The SMILES string of the molecule is COc1ccc(C)cc1/C=C/C(=O)Nc1ccc2c(c1)C(=O)N(C)C2=O. The van der Waals surface area contributed by atoms with Crippen LogP contribution in [0.3, 0.4) is 0 Å². The quantitative estimate of drug-likeness (QED) is 0.679. The van der Waals surface area contributed by atoms with Crippen LogP contribution < -0.4 is 10.1 Å². The van der Waals surface area contributed by atoms with Crippen LogP contribution in [-0.2, 0) is 4.79 Å². The van der Waals surface area contributed by atoms with Gasteiger partial charge in [-0.2, -0.15) is 0 Å². The topological polar surface area (TPSA) is 75.7 Å². The van der Waals surface area contributed by atoms with Gasteiger partial charge in [-0.1, -0.05) is 11.6 Å². The zero-order valence-electron chi connectivity index (χ0n) is 14.7. The molecule has 2 aromatic carbocycles. The van der Waals surface area contributed by atoms with Crippen molar-refractivity contribution in [2.45, 2.75) is 6.92 Å². The molecule has 0 spiro atoms. The van der Waals surface area contributed by atoms with Crippen LogP contribution in [0.15, 0.2) is 42.5 Å². The Hall–Kier alpha value is -3.41. The second kappa shape index (κ2) is 6.84. The van der Waals surface area contributed by atoms with Crippen molar-refractivity contribution in [1.29, 1.82) is 0 Å². The molecule has 0 fully saturated rings. The summed E-state index contributed by atoms with van der Waals surface area (Å²) >= 11 is 0. The summed E-state index contributed by atoms with van der Waals surface area (Å²) in [5.41, 5.74) is 2.93. The molecule has 0 aliphatic carbocycles. The van der Waals surface area contributed by atoms with Crippen molar-refractivity contribution in [3.8, 4) is 5.75 Å². The summed E-state index contributed by atoms with van der Waals surface area (Å²) in [5.74, 6) is -0.390. The first-order chi connectivity index (χ1) is 12.4. The number of amides is 3. The lowest BCUT2D eigenvalue weighted by molar-refractivity contribution is -0.111. The molecule has 1 aliphatic rings. The predicted octanol–water partition coefficient (Wildman–Crippen LogP) is 2.88. The molecule has 132 valence electrons. The van der Waals surface area contributed by atoms with Crippen LogP contribution in [0.5, 0.6) is 5.75 Å². The molecule has 26 heavy (non-hydrogen) atoms. The Kier molecular flexibility index (Phi) is 4.58. The van der Waals surface area contributed by atoms with Crippen molar-refractivity contribution in [2.75, 3.05) is 19.5 Å². The number of imide groups is 1. The highest BCUT2D eigenvalue weighted by molar-refractivity contribution is 6.21. The lowest BCUT2D eigenvalue weighted by Crippen LogP contribution is -2.24. The molecule has 1 aliphatic heterocycles. The number of aryl methyl sites for hydroxylation is 1. The number of nitrogens with one attached hydrogen (secondary N) is 1. The molecule has 0 unspecified atom stereocenters. The van der Waals surface area contributed by atoms with E-state index >= 15 is 0 Å². The minimum Gasteiger partial charge on any atom is -0.496 e. The van der Waals surface area contributed by atoms with E-state index in [-0.39, 0.29) is 17.7 Å². The average Bonchev–Trinajstić information content (AvgIpc) is 2.84. The van der Waals surface area contributed by atoms with Gasteiger partial charge >= 0.3 is 0 Å². The van der Waals surface area contributed by atoms with Gasteiger partial charge in [0, 0.05) is 24.4 Å². The van der Waals surface area contributed by atoms with Crippen molar-refractivity contribution in [2.24, 2.45) is 0 Å². The maximum Gasteiger partial charge on any atom is 0.261 e. The third kappa shape index (κ3) is 3.21. The van der Waals surface area contributed by atoms with E-state index in [0.717, 1.165) is 16.0 Å². The molecule has 0 saturated heterocycles. The van der Waals surface area contributed by atoms with Crippen molar-refractivity contribution < 1.29 is 19.1 Å². The summed E-state index contributed by atoms with van der Waals surface area (Å²) in [5, 5.41) is 2.70. The van der Waals surface area contributed by atoms with Crippen LogP contribution in [0.1, 0.15) is 31.8 Å². The Labute approximate surface area is 151 Å². The summed E-state index contributed by atoms with van der Waals surface area (Å²) in [6.07, 6.45) is 3.06. The fraction of sp³-hybridized carbons (Fsp3) is 0.150. The molecule has 1 heterocycles. The Balaban J connectivity index is 1.77. The minimum atomic E-state index is -0.374. The number of ether oxygens (including phenoxy) is 1. The van der Waals surface area contributed by atoms with Crippen LogP contribution in [0.2, 0.25) is 0 Å². The zero-order chi connectivity index (χ0) is 18.8. The second-order valence-corrected chi connectivity index (χ2v) is 6.00. The number of carbonyl (C=O) groups excluding carboxylic acids is 3. The highest BCUT2D eigenvalue weighted by Gasteiger charge is 2.32. The largest absolute Gasteiger partial charge is 0.496 e. The molecular formula is C20H18N2O4. The lowest BCUT2D eigenvalue weighted by Gasteiger charge is -2.06. The maximum absolute atomic E-state index is 12.2. The highest BCUT2D eigenvalue weighted by Crippen LogP contribution is 2.25. The monoisotopic (exact) mass is 350 g/mol. The van der Waals surface area contributed by atoms with Gasteiger partial charge in [0.1, 0.15) is 5.75 Å². The van der Waals surface area contributed by atoms with Gasteiger partial charge in [0.15, 0.2) is 0 Å². The van der Waals surface area contributed by atoms with Gasteiger partial charge in [0.05, 0.1) is 18.2 Å². The number of hydrogen-bond donors (Lipinski definition) is 1. The number of benzene rings is 2. The zero-order valence-corrected chi connectivity index (χ0v) is 14.7. The van der Waals surface area contributed by atoms with Crippen LogP contribution in [0, 0.1) is 6.92 Å². The van der Waals surface area contributed by atoms with Gasteiger partial charge in [-0.25, -0.2) is 0 Å². The Morgan fingerprint density at radius 2 is 1.81 bits per heavy atom. The predicted molar refractivity (Wildman–Crippen MR) is 98.3 cm³/mol. The average molecular weight is 350 g/mol. The number of rotatable bonds is 4. The van der Waals surface area contributed by atoms with E-state index in [0.29, 0.717) is 22.6 Å². The number of nitrogens with zero attached hydrogens (tertiary/aromatic N) is 1. The first-order valence-corrected chi connectivity index (χ1v) is 8.01. The smallest absolute Gasteiger partial charge is 0.261 e. The summed E-state index contributed by atoms with van der Waals surface area (Å²) in [7, 11) is 3.00. The fourth-order valence-electron chi connectivity index (χ4n) is 2.77. The molecule has 2 aromatic rings. The molecule has 3 amide bonds. The molecule has 0 radical (unpaired) electrons. The summed E-state index contributed by atoms with van der Waals surface area (Å²) < 4.78 is 5.28. The molecule has 3 rings (SSSR count). The molecular weight excluding hydrogens is 332 g/mol. The third-order valence-electron chi connectivity index (χ3n) is 4.16. The lowest BCUT2D eigenvalue weighted by atomic mass is 10.1. The van der Waals surface area contributed by atoms with E-state index < -0.39 is 0 Å². The van der Waals surface area contributed by atoms with Gasteiger partial charge in [-0.3, -0.25) is 19.3 Å². The highest BCUT2D eigenvalue weighted by atomic mass is 16.5. The number of anilines is 1. The third-order valence-corrected chi connectivity index (χ3v) is 4.16. The number of hydrogen-bond acceptors (Lipinski definition) is 4. The first kappa shape index (κ1) is 17.4. The Morgan fingerprint density at radius 3 is 2.54 bits per heavy atom. The molecule has 0 saturated carbocycles. The normalized spacial score (nSPS) is 13.3. The minimum absolute atomic E-state index is 0.291. The molecule has 0 bridgehead atoms. The maximum atomic E-state index is 12.2. The first-order valence-electron chi connectivity index (χ1n) is 8.01. The molecule has 0 atom stereocenters. The Bertz CT molecular complexity index is 947. The van der Waals surface area contributed by atoms with Gasteiger partial charge in [0.2, 0.25) is 5.91 Å². The van der Waals surface area contributed by atoms with Crippen LogP contribution in [-0.4, -0.2) is 36.8 Å². The number of methoxy groups -OCH3 is 1. The summed E-state index contributed by atoms with van der Waals surface area (Å²) in [6.45, 7) is 1.96. The van der Waals surface area contributed by atoms with Gasteiger partial charge in [0.25, 0.3) is 11.8 Å². The van der Waals surface area contributed by atoms with E-state index in [9.17, 15) is 14.4 Å². The van der Waals surface area contributed by atoms with Crippen molar-refractivity contribution >= 4 is 29.5 Å². The fourth-order valence-corrected chi connectivity index (χ4v) is 2.77. The van der Waals surface area contributed by atoms with Crippen molar-refractivity contribution in [3.63, 3.8) is 0 Å². The molecule has 6 heteroatoms. The second-order valence-electron chi connectivity index (χ2n) is 6.00. The van der Waals surface area contributed by atoms with Crippen molar-refractivity contribution in [3.05, 3.63) is 64.7 Å². The van der Waals surface area contributed by atoms with E-state index in [1.807, 2.05) is 25.1 Å². The van der Waals surface area contributed by atoms with Crippen molar-refractivity contribution in [1.82, 2.24) is 4.90 Å². The van der Waals surface area contributed by atoms with Crippen LogP contribution in [0.4, 0.5) is 5.69 Å². The van der Waals surface area contributed by atoms with E-state index in [1.165, 1.54) is 19.2 Å². The molecule has 6 nitrogen and oxygen atoms in total. The summed E-state index contributed by atoms with van der Waals surface area (Å²) in [6, 6.07) is 10.3. The van der Waals surface area contributed by atoms with E-state index in [4.69, 9.17) is 4.74 Å². The van der Waals surface area contributed by atoms with Crippen LogP contribution in [0.25, 0.3) is 6.08 Å². The van der Waals surface area contributed by atoms with E-state index in [1.54, 1.807) is 25.3 Å². The summed E-state index contributed by atoms with van der Waals surface area (Å²) in [4.78, 5) is 37.1. The van der Waals surface area contributed by atoms with Crippen LogP contribution >= 0.6 is 0 Å². The number of fused-ring (bicyclic) bond motifs is 1. The van der Waals surface area contributed by atoms with Gasteiger partial charge in [-0.15, -0.1) is 0 Å². The molecule has 1 N–H and O–H groups in total. The Morgan fingerprint density at radius 1 is 1.08 bits per heavy atom. The van der Waals surface area contributed by atoms with E-state index in [2.05, 4.69) is 5.32 Å². The van der Waals surface area contributed by atoms with Gasteiger partial charge < -0.3 is 10.1 Å². The standard InChI is InChI=1S/C20H18N2O4/c1-12-4-8-17(26-3)13(10-12)5-9-18(23)21-14-6-7-15-16(11-14)20(25)22(2)19(15)24/h4-11H,1-3H3,(H,21,23)/b9-5+.